The molecule has 0 aromatic rings. The van der Waals surface area contributed by atoms with Crippen molar-refractivity contribution in [3.8, 4) is 0 Å². The monoisotopic (exact) mass is 231 g/mol. The minimum Gasteiger partial charge on any atom is -0.396 e. The Hall–Kier alpha value is 0.270. The van der Waals surface area contributed by atoms with E-state index in [0.717, 1.165) is 12.3 Å². The smallest absolute Gasteiger partial charge is 0.0444 e. The maximum absolute atomic E-state index is 9.00. The summed E-state index contributed by atoms with van der Waals surface area (Å²) in [5.41, 5.74) is 5.78. The zero-order valence-corrected chi connectivity index (χ0v) is 10.7. The summed E-state index contributed by atoms with van der Waals surface area (Å²) in [6.45, 7) is 3.10. The van der Waals surface area contributed by atoms with Crippen LogP contribution in [0.3, 0.4) is 0 Å². The molecule has 0 aromatic carbocycles. The second-order valence-electron chi connectivity index (χ2n) is 4.94. The zero-order chi connectivity index (χ0) is 11.1. The predicted octanol–water partition coefficient (Wildman–Crippen LogP) is 2.40. The van der Waals surface area contributed by atoms with Gasteiger partial charge in [0.1, 0.15) is 0 Å². The Labute approximate surface area is 98.0 Å². The molecule has 1 saturated carbocycles. The number of nitrogens with two attached hydrogens (primary N) is 1. The third-order valence-electron chi connectivity index (χ3n) is 3.46. The number of rotatable bonds is 6. The minimum absolute atomic E-state index is 0.0895. The highest BCUT2D eigenvalue weighted by Crippen LogP contribution is 2.33. The van der Waals surface area contributed by atoms with Crippen molar-refractivity contribution in [3.05, 3.63) is 0 Å². The van der Waals surface area contributed by atoms with Gasteiger partial charge in [0.2, 0.25) is 0 Å². The van der Waals surface area contributed by atoms with Gasteiger partial charge < -0.3 is 10.8 Å². The van der Waals surface area contributed by atoms with E-state index in [-0.39, 0.29) is 11.4 Å². The van der Waals surface area contributed by atoms with Crippen molar-refractivity contribution in [2.45, 2.75) is 50.2 Å². The molecule has 0 bridgehead atoms. The van der Waals surface area contributed by atoms with Crippen molar-refractivity contribution < 1.29 is 5.11 Å². The van der Waals surface area contributed by atoms with Crippen LogP contribution in [-0.2, 0) is 0 Å². The van der Waals surface area contributed by atoms with E-state index in [1.54, 1.807) is 0 Å². The van der Waals surface area contributed by atoms with E-state index >= 15 is 0 Å². The Morgan fingerprint density at radius 2 is 2.00 bits per heavy atom. The van der Waals surface area contributed by atoms with Gasteiger partial charge in [-0.15, -0.1) is 0 Å². The number of aliphatic hydroxyl groups is 1. The van der Waals surface area contributed by atoms with Crippen molar-refractivity contribution in [2.24, 2.45) is 11.7 Å². The summed E-state index contributed by atoms with van der Waals surface area (Å²) in [6, 6.07) is 0. The Morgan fingerprint density at radius 1 is 1.33 bits per heavy atom. The highest BCUT2D eigenvalue weighted by Gasteiger charge is 2.24. The van der Waals surface area contributed by atoms with Gasteiger partial charge >= 0.3 is 0 Å². The molecule has 1 atom stereocenters. The van der Waals surface area contributed by atoms with E-state index in [9.17, 15) is 0 Å². The quantitative estimate of drug-likeness (QED) is 0.738. The van der Waals surface area contributed by atoms with Gasteiger partial charge in [0.05, 0.1) is 0 Å². The fourth-order valence-corrected chi connectivity index (χ4v) is 3.47. The topological polar surface area (TPSA) is 46.2 Å². The molecule has 1 rings (SSSR count). The van der Waals surface area contributed by atoms with Gasteiger partial charge in [0.15, 0.2) is 0 Å². The molecule has 0 aromatic heterocycles. The molecule has 0 amide bonds. The Morgan fingerprint density at radius 3 is 2.53 bits per heavy atom. The molecule has 0 saturated heterocycles. The van der Waals surface area contributed by atoms with Crippen LogP contribution in [0.5, 0.6) is 0 Å². The summed E-state index contributed by atoms with van der Waals surface area (Å²) in [5.74, 6) is 2.13. The van der Waals surface area contributed by atoms with Crippen LogP contribution in [0.15, 0.2) is 0 Å². The summed E-state index contributed by atoms with van der Waals surface area (Å²) in [6.07, 6.45) is 7.85. The maximum Gasteiger partial charge on any atom is 0.0444 e. The summed E-state index contributed by atoms with van der Waals surface area (Å²) < 4.78 is 0.0895. The van der Waals surface area contributed by atoms with E-state index in [4.69, 9.17) is 10.8 Å². The van der Waals surface area contributed by atoms with Crippen LogP contribution in [0.1, 0.15) is 45.4 Å². The average Bonchev–Trinajstić information content (AvgIpc) is 2.28. The largest absolute Gasteiger partial charge is 0.396 e. The highest BCUT2D eigenvalue weighted by molar-refractivity contribution is 8.00. The minimum atomic E-state index is 0.0895. The maximum atomic E-state index is 9.00. The van der Waals surface area contributed by atoms with Crippen LogP contribution >= 0.6 is 11.8 Å². The summed E-state index contributed by atoms with van der Waals surface area (Å²) >= 11 is 1.97. The zero-order valence-electron chi connectivity index (χ0n) is 9.87. The van der Waals surface area contributed by atoms with E-state index in [0.29, 0.717) is 6.54 Å². The molecule has 0 aliphatic heterocycles. The van der Waals surface area contributed by atoms with Crippen molar-refractivity contribution in [2.75, 3.05) is 18.9 Å². The van der Waals surface area contributed by atoms with Crippen LogP contribution in [0.2, 0.25) is 0 Å². The standard InChI is InChI=1S/C12H25NOS/c1-12(10-13,7-8-14)15-9-11-5-3-2-4-6-11/h11,14H,2-10,13H2,1H3. The number of hydrogen-bond acceptors (Lipinski definition) is 3. The first-order chi connectivity index (χ1) is 7.20. The lowest BCUT2D eigenvalue weighted by atomic mass is 9.91. The van der Waals surface area contributed by atoms with Crippen LogP contribution < -0.4 is 5.73 Å². The summed E-state index contributed by atoms with van der Waals surface area (Å²) in [4.78, 5) is 0. The predicted molar refractivity (Wildman–Crippen MR) is 68.2 cm³/mol. The Balaban J connectivity index is 2.25. The third kappa shape index (κ3) is 4.75. The first-order valence-electron chi connectivity index (χ1n) is 6.15. The van der Waals surface area contributed by atoms with Crippen molar-refractivity contribution >= 4 is 11.8 Å². The Bertz CT molecular complexity index is 171. The molecular formula is C12H25NOS. The van der Waals surface area contributed by atoms with E-state index < -0.39 is 0 Å². The van der Waals surface area contributed by atoms with Gasteiger partial charge in [-0.1, -0.05) is 19.3 Å². The first kappa shape index (κ1) is 13.3. The van der Waals surface area contributed by atoms with Crippen LogP contribution in [0.4, 0.5) is 0 Å². The van der Waals surface area contributed by atoms with E-state index in [1.165, 1.54) is 37.9 Å². The van der Waals surface area contributed by atoms with Gasteiger partial charge in [-0.2, -0.15) is 11.8 Å². The second-order valence-corrected chi connectivity index (χ2v) is 6.55. The molecule has 1 aliphatic rings. The Kier molecular flexibility index (Phi) is 6.02. The fourth-order valence-electron chi connectivity index (χ4n) is 2.14. The first-order valence-corrected chi connectivity index (χ1v) is 7.13. The summed E-state index contributed by atoms with van der Waals surface area (Å²) in [7, 11) is 0. The normalized spacial score (nSPS) is 22.6. The van der Waals surface area contributed by atoms with Gasteiger partial charge in [-0.3, -0.25) is 0 Å². The molecule has 1 fully saturated rings. The molecule has 2 nitrogen and oxygen atoms in total. The lowest BCUT2D eigenvalue weighted by Gasteiger charge is -2.30. The van der Waals surface area contributed by atoms with Crippen molar-refractivity contribution in [3.63, 3.8) is 0 Å². The van der Waals surface area contributed by atoms with Crippen LogP contribution in [-0.4, -0.2) is 28.8 Å². The number of thioether (sulfide) groups is 1. The SMILES string of the molecule is CC(CN)(CCO)SCC1CCCCC1. The molecule has 3 N–H and O–H groups in total. The second kappa shape index (κ2) is 6.77. The third-order valence-corrected chi connectivity index (χ3v) is 5.17. The van der Waals surface area contributed by atoms with Gasteiger partial charge in [0.25, 0.3) is 0 Å². The molecule has 0 spiro atoms. The van der Waals surface area contributed by atoms with Gasteiger partial charge in [-0.25, -0.2) is 0 Å². The number of hydrogen-bond donors (Lipinski definition) is 2. The highest BCUT2D eigenvalue weighted by atomic mass is 32.2. The lowest BCUT2D eigenvalue weighted by Crippen LogP contribution is -2.33. The lowest BCUT2D eigenvalue weighted by molar-refractivity contribution is 0.272. The molecule has 1 aliphatic carbocycles. The molecular weight excluding hydrogens is 206 g/mol. The molecule has 15 heavy (non-hydrogen) atoms. The van der Waals surface area contributed by atoms with Crippen LogP contribution in [0.25, 0.3) is 0 Å². The average molecular weight is 231 g/mol. The van der Waals surface area contributed by atoms with E-state index in [1.807, 2.05) is 11.8 Å². The van der Waals surface area contributed by atoms with Crippen molar-refractivity contribution in [1.29, 1.82) is 0 Å². The molecule has 90 valence electrons. The van der Waals surface area contributed by atoms with Gasteiger partial charge in [0, 0.05) is 17.9 Å². The van der Waals surface area contributed by atoms with Crippen molar-refractivity contribution in [1.82, 2.24) is 0 Å². The fraction of sp³-hybridized carbons (Fsp3) is 1.00. The number of aliphatic hydroxyl groups excluding tert-OH is 1. The van der Waals surface area contributed by atoms with E-state index in [2.05, 4.69) is 6.92 Å². The summed E-state index contributed by atoms with van der Waals surface area (Å²) in [5, 5.41) is 9.00. The van der Waals surface area contributed by atoms with Crippen LogP contribution in [0, 0.1) is 5.92 Å². The van der Waals surface area contributed by atoms with Gasteiger partial charge in [-0.05, 0) is 37.9 Å². The molecule has 1 unspecified atom stereocenters. The molecule has 3 heteroatoms. The molecule has 0 radical (unpaired) electrons. The molecule has 0 heterocycles.